The third kappa shape index (κ3) is 4.82. The zero-order valence-electron chi connectivity index (χ0n) is 13.3. The first-order valence-corrected chi connectivity index (χ1v) is 8.66. The topological polar surface area (TPSA) is 75.3 Å². The number of nitrogens with one attached hydrogen (secondary N) is 2. The summed E-state index contributed by atoms with van der Waals surface area (Å²) in [5, 5.41) is 2.81. The number of carbonyl (C=O) groups is 1. The molecular weight excluding hydrogens is 312 g/mol. The third-order valence-electron chi connectivity index (χ3n) is 2.92. The molecule has 23 heavy (non-hydrogen) atoms. The molecular formula is C17H20N2O3S. The number of carbonyl (C=O) groups excluding carboxylic acids is 1. The Hall–Kier alpha value is -2.34. The van der Waals surface area contributed by atoms with Crippen molar-refractivity contribution in [3.05, 3.63) is 60.2 Å². The predicted octanol–water partition coefficient (Wildman–Crippen LogP) is 3.02. The number of para-hydroxylation sites is 1. The minimum atomic E-state index is -3.74. The highest BCUT2D eigenvalue weighted by Crippen LogP contribution is 2.17. The van der Waals surface area contributed by atoms with Crippen LogP contribution in [0.1, 0.15) is 31.1 Å². The van der Waals surface area contributed by atoms with E-state index >= 15 is 0 Å². The summed E-state index contributed by atoms with van der Waals surface area (Å²) in [6, 6.07) is 14.6. The van der Waals surface area contributed by atoms with Gasteiger partial charge in [0.1, 0.15) is 0 Å². The summed E-state index contributed by atoms with van der Waals surface area (Å²) in [7, 11) is -3.74. The van der Waals surface area contributed by atoms with Gasteiger partial charge in [0.15, 0.2) is 0 Å². The van der Waals surface area contributed by atoms with Gasteiger partial charge in [0.2, 0.25) is 0 Å². The maximum atomic E-state index is 12.4. The Morgan fingerprint density at radius 1 is 0.957 bits per heavy atom. The average molecular weight is 332 g/mol. The number of anilines is 1. The summed E-state index contributed by atoms with van der Waals surface area (Å²) in [5.41, 5.74) is 0.377. The molecule has 0 fully saturated rings. The SMILES string of the molecule is CC(C)(C)NC(=O)c1cccc(S(=O)(=O)Nc2ccccc2)c1. The van der Waals surface area contributed by atoms with Gasteiger partial charge in [0, 0.05) is 16.8 Å². The van der Waals surface area contributed by atoms with Gasteiger partial charge in [0.05, 0.1) is 4.90 Å². The van der Waals surface area contributed by atoms with E-state index in [0.717, 1.165) is 0 Å². The highest BCUT2D eigenvalue weighted by molar-refractivity contribution is 7.92. The van der Waals surface area contributed by atoms with Gasteiger partial charge in [-0.2, -0.15) is 0 Å². The lowest BCUT2D eigenvalue weighted by Crippen LogP contribution is -2.40. The van der Waals surface area contributed by atoms with Gasteiger partial charge in [-0.3, -0.25) is 9.52 Å². The molecule has 6 heteroatoms. The number of rotatable bonds is 4. The van der Waals surface area contributed by atoms with E-state index in [4.69, 9.17) is 0 Å². The fraction of sp³-hybridized carbons (Fsp3) is 0.235. The molecule has 5 nitrogen and oxygen atoms in total. The lowest BCUT2D eigenvalue weighted by Gasteiger charge is -2.20. The van der Waals surface area contributed by atoms with Crippen LogP contribution in [0.2, 0.25) is 0 Å². The maximum absolute atomic E-state index is 12.4. The van der Waals surface area contributed by atoms with Crippen LogP contribution < -0.4 is 10.0 Å². The van der Waals surface area contributed by atoms with E-state index in [1.54, 1.807) is 42.5 Å². The van der Waals surface area contributed by atoms with Gasteiger partial charge in [-0.25, -0.2) is 8.42 Å². The van der Waals surface area contributed by atoms with Crippen LogP contribution in [0.4, 0.5) is 5.69 Å². The molecule has 2 aromatic rings. The number of sulfonamides is 1. The van der Waals surface area contributed by atoms with E-state index in [2.05, 4.69) is 10.0 Å². The molecule has 1 amide bonds. The molecule has 0 bridgehead atoms. The molecule has 0 saturated carbocycles. The summed E-state index contributed by atoms with van der Waals surface area (Å²) in [5.74, 6) is -0.311. The lowest BCUT2D eigenvalue weighted by atomic mass is 10.1. The fourth-order valence-electron chi connectivity index (χ4n) is 1.94. The van der Waals surface area contributed by atoms with Crippen molar-refractivity contribution in [1.29, 1.82) is 0 Å². The van der Waals surface area contributed by atoms with Crippen LogP contribution in [0.5, 0.6) is 0 Å². The number of benzene rings is 2. The first-order valence-electron chi connectivity index (χ1n) is 7.18. The second-order valence-corrected chi connectivity index (χ2v) is 7.89. The van der Waals surface area contributed by atoms with Gasteiger partial charge < -0.3 is 5.32 Å². The highest BCUT2D eigenvalue weighted by Gasteiger charge is 2.19. The van der Waals surface area contributed by atoms with Gasteiger partial charge >= 0.3 is 0 Å². The van der Waals surface area contributed by atoms with Crippen molar-refractivity contribution < 1.29 is 13.2 Å². The van der Waals surface area contributed by atoms with Crippen LogP contribution in [-0.2, 0) is 10.0 Å². The van der Waals surface area contributed by atoms with Crippen molar-refractivity contribution in [2.45, 2.75) is 31.2 Å². The van der Waals surface area contributed by atoms with Crippen molar-refractivity contribution in [3.8, 4) is 0 Å². The minimum Gasteiger partial charge on any atom is -0.347 e. The molecule has 0 aliphatic rings. The molecule has 2 aromatic carbocycles. The van der Waals surface area contributed by atoms with E-state index in [1.807, 2.05) is 20.8 Å². The van der Waals surface area contributed by atoms with E-state index < -0.39 is 15.6 Å². The Balaban J connectivity index is 2.27. The smallest absolute Gasteiger partial charge is 0.261 e. The molecule has 0 atom stereocenters. The van der Waals surface area contributed by atoms with E-state index in [9.17, 15) is 13.2 Å². The molecule has 122 valence electrons. The Kier molecular flexibility index (Phi) is 4.75. The lowest BCUT2D eigenvalue weighted by molar-refractivity contribution is 0.0919. The second kappa shape index (κ2) is 6.42. The first kappa shape index (κ1) is 17.0. The standard InChI is InChI=1S/C17H20N2O3S/c1-17(2,3)18-16(20)13-8-7-11-15(12-13)23(21,22)19-14-9-5-4-6-10-14/h4-12,19H,1-3H3,(H,18,20). The zero-order valence-corrected chi connectivity index (χ0v) is 14.1. The van der Waals surface area contributed by atoms with Crippen LogP contribution in [-0.4, -0.2) is 19.9 Å². The summed E-state index contributed by atoms with van der Waals surface area (Å²) >= 11 is 0. The van der Waals surface area contributed by atoms with Crippen molar-refractivity contribution in [2.24, 2.45) is 0 Å². The Bertz CT molecular complexity index is 794. The number of hydrogen-bond acceptors (Lipinski definition) is 3. The van der Waals surface area contributed by atoms with Crippen LogP contribution in [0.3, 0.4) is 0 Å². The normalized spacial score (nSPS) is 11.8. The number of amides is 1. The van der Waals surface area contributed by atoms with Crippen molar-refractivity contribution in [3.63, 3.8) is 0 Å². The van der Waals surface area contributed by atoms with E-state index in [-0.39, 0.29) is 10.8 Å². The maximum Gasteiger partial charge on any atom is 0.261 e. The molecule has 2 rings (SSSR count). The predicted molar refractivity (Wildman–Crippen MR) is 90.9 cm³/mol. The number of hydrogen-bond donors (Lipinski definition) is 2. The fourth-order valence-corrected chi connectivity index (χ4v) is 3.04. The molecule has 0 unspecified atom stereocenters. The van der Waals surface area contributed by atoms with Crippen LogP contribution >= 0.6 is 0 Å². The molecule has 0 radical (unpaired) electrons. The largest absolute Gasteiger partial charge is 0.347 e. The van der Waals surface area contributed by atoms with E-state index in [0.29, 0.717) is 11.3 Å². The van der Waals surface area contributed by atoms with Crippen LogP contribution in [0.15, 0.2) is 59.5 Å². The molecule has 0 aliphatic carbocycles. The van der Waals surface area contributed by atoms with E-state index in [1.165, 1.54) is 12.1 Å². The Morgan fingerprint density at radius 3 is 2.22 bits per heavy atom. The Morgan fingerprint density at radius 2 is 1.61 bits per heavy atom. The second-order valence-electron chi connectivity index (χ2n) is 6.20. The van der Waals surface area contributed by atoms with Crippen molar-refractivity contribution in [2.75, 3.05) is 4.72 Å². The first-order chi connectivity index (χ1) is 10.7. The molecule has 0 aromatic heterocycles. The molecule has 0 spiro atoms. The molecule has 0 saturated heterocycles. The van der Waals surface area contributed by atoms with Gasteiger partial charge in [0.25, 0.3) is 15.9 Å². The quantitative estimate of drug-likeness (QED) is 0.904. The van der Waals surface area contributed by atoms with Gasteiger partial charge in [-0.1, -0.05) is 24.3 Å². The molecule has 0 aliphatic heterocycles. The molecule has 2 N–H and O–H groups in total. The summed E-state index contributed by atoms with van der Waals surface area (Å²) in [6.07, 6.45) is 0. The summed E-state index contributed by atoms with van der Waals surface area (Å²) in [4.78, 5) is 12.2. The Labute approximate surface area is 136 Å². The molecule has 0 heterocycles. The van der Waals surface area contributed by atoms with Gasteiger partial charge in [-0.05, 0) is 51.1 Å². The minimum absolute atomic E-state index is 0.0444. The van der Waals surface area contributed by atoms with Crippen LogP contribution in [0.25, 0.3) is 0 Å². The zero-order chi connectivity index (χ0) is 17.1. The van der Waals surface area contributed by atoms with Crippen LogP contribution in [0, 0.1) is 0 Å². The summed E-state index contributed by atoms with van der Waals surface area (Å²) in [6.45, 7) is 5.59. The van der Waals surface area contributed by atoms with Crippen molar-refractivity contribution in [1.82, 2.24) is 5.32 Å². The van der Waals surface area contributed by atoms with Crippen molar-refractivity contribution >= 4 is 21.6 Å². The average Bonchev–Trinajstić information content (AvgIpc) is 2.46. The highest BCUT2D eigenvalue weighted by atomic mass is 32.2. The third-order valence-corrected chi connectivity index (χ3v) is 4.30. The summed E-state index contributed by atoms with van der Waals surface area (Å²) < 4.78 is 27.3. The monoisotopic (exact) mass is 332 g/mol. The van der Waals surface area contributed by atoms with Gasteiger partial charge in [-0.15, -0.1) is 0 Å².